The average molecular weight is 418 g/mol. The maximum Gasteiger partial charge on any atom is 0.336 e. The van der Waals surface area contributed by atoms with E-state index in [0.29, 0.717) is 5.56 Å². The normalized spacial score (nSPS) is 11.6. The largest absolute Gasteiger partial charge is 0.478 e. The minimum Gasteiger partial charge on any atom is -0.478 e. The SMILES string of the molecule is CC(=O)Oc1ccc(/C=C(/C(=O)O)c2ccc(S(C)(=O)=O)cc2)cc1OC(C)=O. The highest BCUT2D eigenvalue weighted by Crippen LogP contribution is 2.31. The molecule has 0 aliphatic rings. The van der Waals surface area contributed by atoms with Crippen molar-refractivity contribution in [1.29, 1.82) is 0 Å². The summed E-state index contributed by atoms with van der Waals surface area (Å²) in [6.07, 6.45) is 2.37. The van der Waals surface area contributed by atoms with E-state index < -0.39 is 27.7 Å². The lowest BCUT2D eigenvalue weighted by Gasteiger charge is -2.10. The zero-order chi connectivity index (χ0) is 21.8. The quantitative estimate of drug-likeness (QED) is 0.328. The second kappa shape index (κ2) is 8.70. The van der Waals surface area contributed by atoms with Gasteiger partial charge in [-0.15, -0.1) is 0 Å². The van der Waals surface area contributed by atoms with Crippen LogP contribution < -0.4 is 9.47 Å². The van der Waals surface area contributed by atoms with Crippen LogP contribution in [0.15, 0.2) is 47.4 Å². The Labute approximate surface area is 167 Å². The molecule has 0 saturated carbocycles. The van der Waals surface area contributed by atoms with E-state index in [9.17, 15) is 27.9 Å². The summed E-state index contributed by atoms with van der Waals surface area (Å²) in [6.45, 7) is 2.36. The van der Waals surface area contributed by atoms with E-state index in [2.05, 4.69) is 0 Å². The minimum absolute atomic E-state index is 0.0132. The topological polar surface area (TPSA) is 124 Å². The maximum atomic E-state index is 11.7. The molecule has 0 atom stereocenters. The maximum absolute atomic E-state index is 11.7. The number of sulfone groups is 1. The van der Waals surface area contributed by atoms with Gasteiger partial charge in [0, 0.05) is 20.1 Å². The number of hydrogen-bond acceptors (Lipinski definition) is 7. The van der Waals surface area contributed by atoms with Crippen LogP contribution in [0.2, 0.25) is 0 Å². The summed E-state index contributed by atoms with van der Waals surface area (Å²) in [5.41, 5.74) is 0.531. The first-order valence-corrected chi connectivity index (χ1v) is 10.1. The Morgan fingerprint density at radius 3 is 1.93 bits per heavy atom. The Hall–Kier alpha value is -3.46. The Morgan fingerprint density at radius 1 is 0.897 bits per heavy atom. The molecule has 0 heterocycles. The Kier molecular flexibility index (Phi) is 6.55. The third-order valence-corrected chi connectivity index (χ3v) is 4.74. The molecule has 0 amide bonds. The van der Waals surface area contributed by atoms with E-state index in [1.165, 1.54) is 62.4 Å². The number of carboxylic acid groups (broad SMARTS) is 1. The van der Waals surface area contributed by atoms with E-state index in [1.807, 2.05) is 0 Å². The van der Waals surface area contributed by atoms with Crippen molar-refractivity contribution in [3.05, 3.63) is 53.6 Å². The van der Waals surface area contributed by atoms with Crippen molar-refractivity contribution in [3.63, 3.8) is 0 Å². The third-order valence-electron chi connectivity index (χ3n) is 3.61. The monoisotopic (exact) mass is 418 g/mol. The smallest absolute Gasteiger partial charge is 0.336 e. The Bertz CT molecular complexity index is 1100. The Balaban J connectivity index is 2.50. The van der Waals surface area contributed by atoms with Crippen molar-refractivity contribution in [3.8, 4) is 11.5 Å². The van der Waals surface area contributed by atoms with Gasteiger partial charge in [-0.1, -0.05) is 18.2 Å². The van der Waals surface area contributed by atoms with Crippen LogP contribution in [0, 0.1) is 0 Å². The lowest BCUT2D eigenvalue weighted by molar-refractivity contribution is -0.134. The highest BCUT2D eigenvalue weighted by molar-refractivity contribution is 7.90. The second-order valence-electron chi connectivity index (χ2n) is 6.05. The Morgan fingerprint density at radius 2 is 1.45 bits per heavy atom. The molecule has 0 radical (unpaired) electrons. The summed E-state index contributed by atoms with van der Waals surface area (Å²) in [5.74, 6) is -2.53. The zero-order valence-electron chi connectivity index (χ0n) is 15.8. The fraction of sp³-hybridized carbons (Fsp3) is 0.150. The predicted octanol–water partition coefficient (Wildman–Crippen LogP) is 2.57. The molecule has 0 aromatic heterocycles. The fourth-order valence-corrected chi connectivity index (χ4v) is 3.04. The van der Waals surface area contributed by atoms with E-state index in [1.54, 1.807) is 0 Å². The number of carboxylic acids is 1. The molecule has 0 spiro atoms. The third kappa shape index (κ3) is 6.01. The van der Waals surface area contributed by atoms with Crippen molar-refractivity contribution < 1.29 is 37.4 Å². The van der Waals surface area contributed by atoms with E-state index >= 15 is 0 Å². The summed E-state index contributed by atoms with van der Waals surface area (Å²) in [6, 6.07) is 9.61. The minimum atomic E-state index is -3.41. The van der Waals surface area contributed by atoms with Crippen molar-refractivity contribution in [2.45, 2.75) is 18.7 Å². The molecule has 2 aromatic carbocycles. The molecule has 1 N–H and O–H groups in total. The summed E-state index contributed by atoms with van der Waals surface area (Å²) in [5, 5.41) is 9.56. The molecule has 9 heteroatoms. The summed E-state index contributed by atoms with van der Waals surface area (Å²) >= 11 is 0. The molecule has 29 heavy (non-hydrogen) atoms. The van der Waals surface area contributed by atoms with Crippen molar-refractivity contribution in [2.24, 2.45) is 0 Å². The van der Waals surface area contributed by atoms with Crippen LogP contribution >= 0.6 is 0 Å². The number of hydrogen-bond donors (Lipinski definition) is 1. The molecule has 0 fully saturated rings. The number of rotatable bonds is 6. The lowest BCUT2D eigenvalue weighted by Crippen LogP contribution is -2.07. The first kappa shape index (κ1) is 21.8. The first-order valence-electron chi connectivity index (χ1n) is 8.23. The number of carbonyl (C=O) groups is 3. The number of aliphatic carboxylic acids is 1. The number of carbonyl (C=O) groups excluding carboxylic acids is 2. The van der Waals surface area contributed by atoms with Gasteiger partial charge < -0.3 is 14.6 Å². The standard InChI is InChI=1S/C20H18O8S/c1-12(21)27-18-9-4-14(11-19(18)28-13(2)22)10-17(20(23)24)15-5-7-16(8-6-15)29(3,25)26/h4-11H,1-3H3,(H,23,24)/b17-10+. The molecule has 0 aliphatic carbocycles. The van der Waals surface area contributed by atoms with Crippen LogP contribution in [0.4, 0.5) is 0 Å². The molecule has 2 aromatic rings. The van der Waals surface area contributed by atoms with E-state index in [4.69, 9.17) is 9.47 Å². The fourth-order valence-electron chi connectivity index (χ4n) is 2.41. The lowest BCUT2D eigenvalue weighted by atomic mass is 10.0. The van der Waals surface area contributed by atoms with Crippen molar-refractivity contribution >= 4 is 39.4 Å². The highest BCUT2D eigenvalue weighted by atomic mass is 32.2. The molecule has 2 rings (SSSR count). The van der Waals surface area contributed by atoms with Crippen molar-refractivity contribution in [1.82, 2.24) is 0 Å². The molecular weight excluding hydrogens is 400 g/mol. The molecule has 0 bridgehead atoms. The van der Waals surface area contributed by atoms with Gasteiger partial charge in [-0.05, 0) is 41.5 Å². The van der Waals surface area contributed by atoms with E-state index in [-0.39, 0.29) is 27.5 Å². The van der Waals surface area contributed by atoms with E-state index in [0.717, 1.165) is 6.26 Å². The van der Waals surface area contributed by atoms with Gasteiger partial charge in [-0.25, -0.2) is 13.2 Å². The molecule has 8 nitrogen and oxygen atoms in total. The summed E-state index contributed by atoms with van der Waals surface area (Å²) < 4.78 is 33.1. The van der Waals surface area contributed by atoms with Gasteiger partial charge in [-0.3, -0.25) is 9.59 Å². The average Bonchev–Trinajstić information content (AvgIpc) is 2.60. The number of benzene rings is 2. The summed E-state index contributed by atoms with van der Waals surface area (Å²) in [7, 11) is -3.41. The van der Waals surface area contributed by atoms with Crippen LogP contribution in [0.5, 0.6) is 11.5 Å². The molecular formula is C20H18O8S. The predicted molar refractivity (Wildman–Crippen MR) is 104 cm³/mol. The van der Waals surface area contributed by atoms with Gasteiger partial charge in [0.15, 0.2) is 21.3 Å². The van der Waals surface area contributed by atoms with Crippen LogP contribution in [-0.2, 0) is 24.2 Å². The molecule has 152 valence electrons. The first-order chi connectivity index (χ1) is 13.5. The van der Waals surface area contributed by atoms with Crippen LogP contribution in [0.3, 0.4) is 0 Å². The second-order valence-corrected chi connectivity index (χ2v) is 8.07. The van der Waals surface area contributed by atoms with Crippen LogP contribution in [0.1, 0.15) is 25.0 Å². The zero-order valence-corrected chi connectivity index (χ0v) is 16.6. The highest BCUT2D eigenvalue weighted by Gasteiger charge is 2.15. The molecule has 0 aliphatic heterocycles. The van der Waals surface area contributed by atoms with Crippen LogP contribution in [-0.4, -0.2) is 37.7 Å². The van der Waals surface area contributed by atoms with Gasteiger partial charge in [0.1, 0.15) is 0 Å². The van der Waals surface area contributed by atoms with Gasteiger partial charge in [-0.2, -0.15) is 0 Å². The number of esters is 2. The molecule has 0 unspecified atom stereocenters. The van der Waals surface area contributed by atoms with Crippen molar-refractivity contribution in [2.75, 3.05) is 6.26 Å². The van der Waals surface area contributed by atoms with Gasteiger partial charge in [0.05, 0.1) is 10.5 Å². The number of ether oxygens (including phenoxy) is 2. The van der Waals surface area contributed by atoms with Gasteiger partial charge >= 0.3 is 17.9 Å². The van der Waals surface area contributed by atoms with Gasteiger partial charge in [0.2, 0.25) is 0 Å². The van der Waals surface area contributed by atoms with Crippen LogP contribution in [0.25, 0.3) is 11.6 Å². The van der Waals surface area contributed by atoms with Gasteiger partial charge in [0.25, 0.3) is 0 Å². The summed E-state index contributed by atoms with van der Waals surface area (Å²) in [4.78, 5) is 34.3. The molecule has 0 saturated heterocycles.